The zero-order valence-electron chi connectivity index (χ0n) is 9.99. The molecule has 1 aliphatic heterocycles. The van der Waals surface area contributed by atoms with E-state index in [0.717, 1.165) is 25.9 Å². The van der Waals surface area contributed by atoms with Gasteiger partial charge >= 0.3 is 0 Å². The predicted molar refractivity (Wildman–Crippen MR) is 73.6 cm³/mol. The van der Waals surface area contributed by atoms with Crippen LogP contribution in [0.4, 0.5) is 5.69 Å². The molecule has 102 valence electrons. The largest absolute Gasteiger partial charge is 0.346 e. The van der Waals surface area contributed by atoms with Crippen LogP contribution >= 0.6 is 11.6 Å². The lowest BCUT2D eigenvalue weighted by atomic mass is 10.3. The Hall–Kier alpha value is -1.47. The van der Waals surface area contributed by atoms with E-state index < -0.39 is 15.9 Å². The van der Waals surface area contributed by atoms with Crippen molar-refractivity contribution < 1.29 is 9.13 Å². The third kappa shape index (κ3) is 3.51. The van der Waals surface area contributed by atoms with Crippen molar-refractivity contribution in [3.63, 3.8) is 0 Å². The van der Waals surface area contributed by atoms with Gasteiger partial charge in [0.05, 0.1) is 9.82 Å². The van der Waals surface area contributed by atoms with Crippen molar-refractivity contribution in [2.24, 2.45) is 4.40 Å². The molecule has 1 aliphatic rings. The highest BCUT2D eigenvalue weighted by Gasteiger charge is 2.16. The normalized spacial score (nSPS) is 17.5. The molecule has 1 aromatic rings. The summed E-state index contributed by atoms with van der Waals surface area (Å²) < 4.78 is 15.8. The van der Waals surface area contributed by atoms with Crippen molar-refractivity contribution >= 4 is 33.6 Å². The summed E-state index contributed by atoms with van der Waals surface area (Å²) >= 11 is 5.99. The SMILES string of the molecule is O=[N+]([O-])c1ccc(S(=O)/N=C(\Cl)N2CCCC2)cc1. The molecule has 2 rings (SSSR count). The smallest absolute Gasteiger partial charge is 0.269 e. The molecule has 0 amide bonds. The van der Waals surface area contributed by atoms with Crippen molar-refractivity contribution in [2.75, 3.05) is 13.1 Å². The fraction of sp³-hybridized carbons (Fsp3) is 0.364. The molecule has 0 bridgehead atoms. The van der Waals surface area contributed by atoms with E-state index in [4.69, 9.17) is 11.6 Å². The second-order valence-electron chi connectivity index (χ2n) is 4.05. The maximum absolute atomic E-state index is 11.9. The van der Waals surface area contributed by atoms with Gasteiger partial charge in [0.1, 0.15) is 0 Å². The van der Waals surface area contributed by atoms with Crippen LogP contribution in [0.3, 0.4) is 0 Å². The second-order valence-corrected chi connectivity index (χ2v) is 5.54. The monoisotopic (exact) mass is 301 g/mol. The Bertz CT molecular complexity index is 526. The number of amidine groups is 1. The second kappa shape index (κ2) is 6.12. The molecule has 0 aliphatic carbocycles. The summed E-state index contributed by atoms with van der Waals surface area (Å²) in [5, 5.41) is 10.7. The molecule has 8 heteroatoms. The molecule has 1 unspecified atom stereocenters. The molecule has 19 heavy (non-hydrogen) atoms. The number of rotatable bonds is 3. The third-order valence-corrected chi connectivity index (χ3v) is 4.21. The number of nitrogens with zero attached hydrogens (tertiary/aromatic N) is 3. The number of likely N-dealkylation sites (tertiary alicyclic amines) is 1. The first kappa shape index (κ1) is 14.0. The first-order chi connectivity index (χ1) is 9.08. The first-order valence-electron chi connectivity index (χ1n) is 5.73. The van der Waals surface area contributed by atoms with E-state index in [-0.39, 0.29) is 11.0 Å². The van der Waals surface area contributed by atoms with Crippen molar-refractivity contribution in [1.29, 1.82) is 0 Å². The molecule has 0 spiro atoms. The van der Waals surface area contributed by atoms with E-state index in [0.29, 0.717) is 4.90 Å². The topological polar surface area (TPSA) is 75.8 Å². The van der Waals surface area contributed by atoms with E-state index in [1.165, 1.54) is 24.3 Å². The molecule has 0 N–H and O–H groups in total. The van der Waals surface area contributed by atoms with Gasteiger partial charge in [-0.1, -0.05) is 0 Å². The van der Waals surface area contributed by atoms with Gasteiger partial charge in [-0.25, -0.2) is 4.21 Å². The summed E-state index contributed by atoms with van der Waals surface area (Å²) in [5.74, 6) is 0. The summed E-state index contributed by atoms with van der Waals surface area (Å²) in [7, 11) is -1.64. The van der Waals surface area contributed by atoms with E-state index in [1.807, 2.05) is 4.90 Å². The van der Waals surface area contributed by atoms with Crippen LogP contribution in [0.25, 0.3) is 0 Å². The molecule has 1 heterocycles. The summed E-state index contributed by atoms with van der Waals surface area (Å²) in [6, 6.07) is 5.44. The van der Waals surface area contributed by atoms with Crippen molar-refractivity contribution in [2.45, 2.75) is 17.7 Å². The fourth-order valence-corrected chi connectivity index (χ4v) is 2.85. The van der Waals surface area contributed by atoms with Crippen LogP contribution in [-0.2, 0) is 11.0 Å². The molecule has 0 radical (unpaired) electrons. The van der Waals surface area contributed by atoms with Gasteiger partial charge < -0.3 is 4.90 Å². The number of non-ortho nitro benzene ring substituents is 1. The molecular weight excluding hydrogens is 290 g/mol. The number of hydrogen-bond acceptors (Lipinski definition) is 3. The number of halogens is 1. The lowest BCUT2D eigenvalue weighted by molar-refractivity contribution is -0.384. The highest BCUT2D eigenvalue weighted by atomic mass is 35.5. The zero-order chi connectivity index (χ0) is 13.8. The van der Waals surface area contributed by atoms with Crippen LogP contribution in [0.5, 0.6) is 0 Å². The molecule has 1 saturated heterocycles. The predicted octanol–water partition coefficient (Wildman–Crippen LogP) is 2.31. The van der Waals surface area contributed by atoms with E-state index >= 15 is 0 Å². The van der Waals surface area contributed by atoms with Crippen molar-refractivity contribution in [1.82, 2.24) is 4.90 Å². The van der Waals surface area contributed by atoms with Gasteiger partial charge in [0.15, 0.2) is 11.0 Å². The highest BCUT2D eigenvalue weighted by Crippen LogP contribution is 2.17. The van der Waals surface area contributed by atoms with Crippen LogP contribution < -0.4 is 0 Å². The van der Waals surface area contributed by atoms with Gasteiger partial charge in [0.25, 0.3) is 5.69 Å². The minimum Gasteiger partial charge on any atom is -0.346 e. The van der Waals surface area contributed by atoms with Gasteiger partial charge in [0.2, 0.25) is 5.29 Å². The van der Waals surface area contributed by atoms with Crippen molar-refractivity contribution in [3.05, 3.63) is 34.4 Å². The number of nitro benzene ring substituents is 1. The summed E-state index contributed by atoms with van der Waals surface area (Å²) in [5.41, 5.74) is -0.0460. The highest BCUT2D eigenvalue weighted by molar-refractivity contribution is 7.84. The van der Waals surface area contributed by atoms with Gasteiger partial charge in [-0.05, 0) is 36.6 Å². The average Bonchev–Trinajstić information content (AvgIpc) is 2.92. The Kier molecular flexibility index (Phi) is 4.49. The lowest BCUT2D eigenvalue weighted by Crippen LogP contribution is -2.23. The van der Waals surface area contributed by atoms with Gasteiger partial charge in [-0.2, -0.15) is 4.40 Å². The summed E-state index contributed by atoms with van der Waals surface area (Å²) in [4.78, 5) is 12.3. The summed E-state index contributed by atoms with van der Waals surface area (Å²) in [6.07, 6.45) is 2.10. The number of benzene rings is 1. The third-order valence-electron chi connectivity index (χ3n) is 2.77. The maximum Gasteiger partial charge on any atom is 0.269 e. The Morgan fingerprint density at radius 2 is 1.89 bits per heavy atom. The van der Waals surface area contributed by atoms with Crippen LogP contribution in [0.15, 0.2) is 33.6 Å². The van der Waals surface area contributed by atoms with Gasteiger partial charge in [0, 0.05) is 25.2 Å². The van der Waals surface area contributed by atoms with Crippen molar-refractivity contribution in [3.8, 4) is 0 Å². The zero-order valence-corrected chi connectivity index (χ0v) is 11.6. The number of nitro groups is 1. The number of hydrogen-bond donors (Lipinski definition) is 0. The maximum atomic E-state index is 11.9. The summed E-state index contributed by atoms with van der Waals surface area (Å²) in [6.45, 7) is 1.64. The fourth-order valence-electron chi connectivity index (χ4n) is 1.76. The standard InChI is InChI=1S/C11H12ClN3O3S/c12-11(14-7-1-2-8-14)13-19(18)10-5-3-9(4-6-10)15(16)17/h3-6H,1-2,7-8H2/b13-11+. The Labute approximate surface area is 117 Å². The van der Waals surface area contributed by atoms with E-state index in [2.05, 4.69) is 4.40 Å². The Balaban J connectivity index is 2.10. The Morgan fingerprint density at radius 3 is 2.42 bits per heavy atom. The molecular formula is C11H12ClN3O3S. The van der Waals surface area contributed by atoms with E-state index in [1.54, 1.807) is 0 Å². The molecule has 1 atom stereocenters. The minimum atomic E-state index is -1.64. The molecule has 1 aromatic carbocycles. The molecule has 0 aromatic heterocycles. The van der Waals surface area contributed by atoms with Crippen LogP contribution in [0.1, 0.15) is 12.8 Å². The quantitative estimate of drug-likeness (QED) is 0.282. The van der Waals surface area contributed by atoms with Gasteiger partial charge in [-0.3, -0.25) is 10.1 Å². The average molecular weight is 302 g/mol. The minimum absolute atomic E-state index is 0.0460. The van der Waals surface area contributed by atoms with Crippen LogP contribution in [-0.4, -0.2) is 32.4 Å². The molecule has 1 fully saturated rings. The first-order valence-corrected chi connectivity index (χ1v) is 7.22. The lowest BCUT2D eigenvalue weighted by Gasteiger charge is -2.13. The van der Waals surface area contributed by atoms with Crippen LogP contribution in [0.2, 0.25) is 0 Å². The molecule has 6 nitrogen and oxygen atoms in total. The van der Waals surface area contributed by atoms with Crippen LogP contribution in [0, 0.1) is 10.1 Å². The van der Waals surface area contributed by atoms with E-state index in [9.17, 15) is 14.3 Å². The Morgan fingerprint density at radius 1 is 1.32 bits per heavy atom. The molecule has 0 saturated carbocycles. The van der Waals surface area contributed by atoms with Gasteiger partial charge in [-0.15, -0.1) is 0 Å².